The van der Waals surface area contributed by atoms with Crippen molar-refractivity contribution < 1.29 is 14.3 Å². The van der Waals surface area contributed by atoms with Gasteiger partial charge in [-0.15, -0.1) is 0 Å². The third-order valence-electron chi connectivity index (χ3n) is 4.34. The molecule has 1 aliphatic rings. The molecule has 2 amide bonds. The molecular weight excluding hydrogens is 354 g/mol. The molecule has 0 fully saturated rings. The van der Waals surface area contributed by atoms with Crippen molar-refractivity contribution in [3.8, 4) is 5.75 Å². The molecule has 0 spiro atoms. The molecule has 1 unspecified atom stereocenters. The van der Waals surface area contributed by atoms with Crippen LogP contribution in [0.2, 0.25) is 5.02 Å². The van der Waals surface area contributed by atoms with E-state index in [4.69, 9.17) is 16.3 Å². The summed E-state index contributed by atoms with van der Waals surface area (Å²) in [7, 11) is 0. The minimum Gasteiger partial charge on any atom is -0.480 e. The number of nitrogens with one attached hydrogen (secondary N) is 3. The molecule has 3 N–H and O–H groups in total. The molecule has 0 bridgehead atoms. The van der Waals surface area contributed by atoms with Gasteiger partial charge >= 0.3 is 0 Å². The van der Waals surface area contributed by atoms with Crippen molar-refractivity contribution in [1.29, 1.82) is 0 Å². The third kappa shape index (κ3) is 3.23. The highest BCUT2D eigenvalue weighted by Crippen LogP contribution is 2.31. The standard InChI is InChI=1S/C19H16ClN3O3/c20-13-5-6-16-11(7-13)8-17(26-16)19(25)23-22-18(24)9-12-10-21-15-4-2-1-3-14(12)15/h1-7,10,17,21H,8-9H2,(H,22,24)(H,23,25). The molecule has 3 aromatic rings. The topological polar surface area (TPSA) is 83.2 Å². The zero-order valence-corrected chi connectivity index (χ0v) is 14.5. The predicted molar refractivity (Wildman–Crippen MR) is 97.9 cm³/mol. The van der Waals surface area contributed by atoms with Gasteiger partial charge in [-0.1, -0.05) is 29.8 Å². The van der Waals surface area contributed by atoms with Gasteiger partial charge in [-0.25, -0.2) is 0 Å². The fourth-order valence-corrected chi connectivity index (χ4v) is 3.26. The molecule has 6 nitrogen and oxygen atoms in total. The zero-order valence-electron chi connectivity index (χ0n) is 13.7. The van der Waals surface area contributed by atoms with Crippen molar-refractivity contribution in [2.24, 2.45) is 0 Å². The van der Waals surface area contributed by atoms with Crippen molar-refractivity contribution in [2.75, 3.05) is 0 Å². The first-order valence-electron chi connectivity index (χ1n) is 8.19. The van der Waals surface area contributed by atoms with Crippen LogP contribution in [0.3, 0.4) is 0 Å². The Kier molecular flexibility index (Phi) is 4.26. The summed E-state index contributed by atoms with van der Waals surface area (Å²) < 4.78 is 5.59. The Hall–Kier alpha value is -2.99. The van der Waals surface area contributed by atoms with E-state index < -0.39 is 12.0 Å². The molecule has 0 saturated heterocycles. The van der Waals surface area contributed by atoms with E-state index >= 15 is 0 Å². The Morgan fingerprint density at radius 1 is 1.19 bits per heavy atom. The van der Waals surface area contributed by atoms with Crippen LogP contribution in [-0.4, -0.2) is 22.9 Å². The molecule has 7 heteroatoms. The number of para-hydroxylation sites is 1. The van der Waals surface area contributed by atoms with Crippen molar-refractivity contribution in [3.63, 3.8) is 0 Å². The van der Waals surface area contributed by atoms with Crippen molar-refractivity contribution in [3.05, 3.63) is 64.8 Å². The van der Waals surface area contributed by atoms with Gasteiger partial charge in [-0.3, -0.25) is 20.4 Å². The SMILES string of the molecule is O=C(Cc1c[nH]c2ccccc12)NNC(=O)C1Cc2cc(Cl)ccc2O1. The van der Waals surface area contributed by atoms with Crippen LogP contribution in [0, 0.1) is 0 Å². The molecule has 2 aromatic carbocycles. The van der Waals surface area contributed by atoms with E-state index in [2.05, 4.69) is 15.8 Å². The quantitative estimate of drug-likeness (QED) is 0.620. The molecule has 1 aromatic heterocycles. The number of carbonyl (C=O) groups excluding carboxylic acids is 2. The molecule has 1 atom stereocenters. The Morgan fingerprint density at radius 2 is 2.04 bits per heavy atom. The van der Waals surface area contributed by atoms with Crippen molar-refractivity contribution >= 4 is 34.3 Å². The second-order valence-corrected chi connectivity index (χ2v) is 6.57. The number of hydrogen-bond donors (Lipinski definition) is 3. The molecule has 0 saturated carbocycles. The average molecular weight is 370 g/mol. The predicted octanol–water partition coefficient (Wildman–Crippen LogP) is 2.51. The maximum absolute atomic E-state index is 12.2. The van der Waals surface area contributed by atoms with Gasteiger partial charge in [-0.2, -0.15) is 0 Å². The molecular formula is C19H16ClN3O3. The Bertz CT molecular complexity index is 999. The fraction of sp³-hybridized carbons (Fsp3) is 0.158. The highest BCUT2D eigenvalue weighted by atomic mass is 35.5. The number of aromatic amines is 1. The van der Waals surface area contributed by atoms with E-state index in [0.717, 1.165) is 22.0 Å². The first-order valence-corrected chi connectivity index (χ1v) is 8.57. The summed E-state index contributed by atoms with van der Waals surface area (Å²) in [6, 6.07) is 13.0. The van der Waals surface area contributed by atoms with Gasteiger partial charge < -0.3 is 9.72 Å². The van der Waals surface area contributed by atoms with E-state index in [-0.39, 0.29) is 12.3 Å². The van der Waals surface area contributed by atoms with Crippen LogP contribution < -0.4 is 15.6 Å². The van der Waals surface area contributed by atoms with Crippen molar-refractivity contribution in [2.45, 2.75) is 18.9 Å². The summed E-state index contributed by atoms with van der Waals surface area (Å²) in [5.74, 6) is -0.0640. The Morgan fingerprint density at radius 3 is 2.92 bits per heavy atom. The number of benzene rings is 2. The van der Waals surface area contributed by atoms with Gasteiger partial charge in [0.15, 0.2) is 6.10 Å². The summed E-state index contributed by atoms with van der Waals surface area (Å²) in [5, 5.41) is 1.58. The number of aromatic nitrogens is 1. The number of amides is 2. The normalized spacial score (nSPS) is 15.3. The number of hydrazine groups is 1. The van der Waals surface area contributed by atoms with Gasteiger partial charge in [0.05, 0.1) is 6.42 Å². The summed E-state index contributed by atoms with van der Waals surface area (Å²) in [5.41, 5.74) is 7.58. The van der Waals surface area contributed by atoms with Gasteiger partial charge in [0.25, 0.3) is 5.91 Å². The smallest absolute Gasteiger partial charge is 0.279 e. The van der Waals surface area contributed by atoms with Gasteiger partial charge in [-0.05, 0) is 35.4 Å². The fourth-order valence-electron chi connectivity index (χ4n) is 3.07. The Labute approximate surface area is 154 Å². The number of halogens is 1. The summed E-state index contributed by atoms with van der Waals surface area (Å²) in [6.07, 6.45) is 1.69. The first kappa shape index (κ1) is 16.5. The first-order chi connectivity index (χ1) is 12.6. The second-order valence-electron chi connectivity index (χ2n) is 6.14. The molecule has 1 aliphatic heterocycles. The maximum Gasteiger partial charge on any atom is 0.279 e. The van der Waals surface area contributed by atoms with Crippen LogP contribution in [-0.2, 0) is 22.4 Å². The zero-order chi connectivity index (χ0) is 18.1. The van der Waals surface area contributed by atoms with Crippen LogP contribution >= 0.6 is 11.6 Å². The molecule has 132 valence electrons. The van der Waals surface area contributed by atoms with Crippen LogP contribution in [0.4, 0.5) is 0 Å². The monoisotopic (exact) mass is 369 g/mol. The number of H-pyrrole nitrogens is 1. The molecule has 0 aliphatic carbocycles. The highest BCUT2D eigenvalue weighted by Gasteiger charge is 2.29. The molecule has 2 heterocycles. The largest absolute Gasteiger partial charge is 0.480 e. The van der Waals surface area contributed by atoms with E-state index in [1.807, 2.05) is 24.3 Å². The van der Waals surface area contributed by atoms with E-state index in [1.165, 1.54) is 0 Å². The van der Waals surface area contributed by atoms with Crippen LogP contribution in [0.15, 0.2) is 48.7 Å². The van der Waals surface area contributed by atoms with Crippen LogP contribution in [0.5, 0.6) is 5.75 Å². The maximum atomic E-state index is 12.2. The van der Waals surface area contributed by atoms with Crippen LogP contribution in [0.25, 0.3) is 10.9 Å². The molecule has 26 heavy (non-hydrogen) atoms. The number of carbonyl (C=O) groups is 2. The average Bonchev–Trinajstić information content (AvgIpc) is 3.24. The van der Waals surface area contributed by atoms with Crippen LogP contribution in [0.1, 0.15) is 11.1 Å². The minimum absolute atomic E-state index is 0.158. The Balaban J connectivity index is 1.33. The lowest BCUT2D eigenvalue weighted by molar-refractivity contribution is -0.132. The van der Waals surface area contributed by atoms with Crippen molar-refractivity contribution in [1.82, 2.24) is 15.8 Å². The van der Waals surface area contributed by atoms with Gasteiger partial charge in [0, 0.05) is 28.5 Å². The lowest BCUT2D eigenvalue weighted by Gasteiger charge is -2.12. The minimum atomic E-state index is -0.683. The number of fused-ring (bicyclic) bond motifs is 2. The van der Waals surface area contributed by atoms with E-state index in [1.54, 1.807) is 24.4 Å². The molecule has 0 radical (unpaired) electrons. The summed E-state index contributed by atoms with van der Waals surface area (Å²) >= 11 is 5.95. The third-order valence-corrected chi connectivity index (χ3v) is 4.58. The lowest BCUT2D eigenvalue weighted by atomic mass is 10.1. The van der Waals surface area contributed by atoms with E-state index in [0.29, 0.717) is 17.2 Å². The number of hydrogen-bond acceptors (Lipinski definition) is 3. The number of rotatable bonds is 3. The molecule has 4 rings (SSSR count). The lowest BCUT2D eigenvalue weighted by Crippen LogP contribution is -2.48. The van der Waals surface area contributed by atoms with E-state index in [9.17, 15) is 9.59 Å². The second kappa shape index (κ2) is 6.72. The van der Waals surface area contributed by atoms with Gasteiger partial charge in [0.1, 0.15) is 5.75 Å². The summed E-state index contributed by atoms with van der Waals surface area (Å²) in [6.45, 7) is 0. The summed E-state index contributed by atoms with van der Waals surface area (Å²) in [4.78, 5) is 27.5. The highest BCUT2D eigenvalue weighted by molar-refractivity contribution is 6.30. The number of ether oxygens (including phenoxy) is 1. The van der Waals surface area contributed by atoms with Gasteiger partial charge in [0.2, 0.25) is 5.91 Å².